The molecule has 2 N–H and O–H groups in total. The molecule has 1 aromatic heterocycles. The van der Waals surface area contributed by atoms with Crippen LogP contribution in [0.3, 0.4) is 0 Å². The first-order valence-electron chi connectivity index (χ1n) is 8.65. The van der Waals surface area contributed by atoms with Crippen LogP contribution in [0, 0.1) is 13.8 Å². The standard InChI is InChI=1S/C21H20N2O5/c1-13-18(14(2)28-23-13)12-26-19-6-4-3-5-17(19)21(25)27-11-15-7-9-16(10-8-15)20(22)24/h3-10H,11-12H2,1-2H3,(H2,22,24). The third kappa shape index (κ3) is 4.37. The SMILES string of the molecule is Cc1noc(C)c1COc1ccccc1C(=O)OCc1ccc(C(N)=O)cc1. The summed E-state index contributed by atoms with van der Waals surface area (Å²) < 4.78 is 16.3. The molecule has 0 bridgehead atoms. The number of nitrogens with two attached hydrogens (primary N) is 1. The Morgan fingerprint density at radius 2 is 1.75 bits per heavy atom. The van der Waals surface area contributed by atoms with Gasteiger partial charge in [-0.05, 0) is 43.7 Å². The molecule has 3 rings (SSSR count). The normalized spacial score (nSPS) is 10.5. The van der Waals surface area contributed by atoms with Gasteiger partial charge in [-0.25, -0.2) is 4.79 Å². The molecule has 0 saturated heterocycles. The number of amides is 1. The average molecular weight is 380 g/mol. The number of rotatable bonds is 7. The number of nitrogens with zero attached hydrogens (tertiary/aromatic N) is 1. The minimum Gasteiger partial charge on any atom is -0.488 e. The van der Waals surface area contributed by atoms with Crippen LogP contribution in [0.25, 0.3) is 0 Å². The number of carbonyl (C=O) groups is 2. The Bertz CT molecular complexity index is 973. The van der Waals surface area contributed by atoms with Gasteiger partial charge in [0.1, 0.15) is 30.3 Å². The highest BCUT2D eigenvalue weighted by Gasteiger charge is 2.16. The zero-order valence-electron chi connectivity index (χ0n) is 15.6. The second kappa shape index (κ2) is 8.39. The van der Waals surface area contributed by atoms with E-state index in [0.717, 1.165) is 16.8 Å². The van der Waals surface area contributed by atoms with Gasteiger partial charge in [-0.3, -0.25) is 4.79 Å². The summed E-state index contributed by atoms with van der Waals surface area (Å²) >= 11 is 0. The van der Waals surface area contributed by atoms with Crippen molar-refractivity contribution in [2.75, 3.05) is 0 Å². The zero-order valence-corrected chi connectivity index (χ0v) is 15.6. The number of primary amides is 1. The highest BCUT2D eigenvalue weighted by atomic mass is 16.5. The van der Waals surface area contributed by atoms with Crippen molar-refractivity contribution < 1.29 is 23.6 Å². The van der Waals surface area contributed by atoms with Gasteiger partial charge in [-0.15, -0.1) is 0 Å². The fraction of sp³-hybridized carbons (Fsp3) is 0.190. The van der Waals surface area contributed by atoms with E-state index in [4.69, 9.17) is 19.7 Å². The first kappa shape index (κ1) is 19.2. The number of carbonyl (C=O) groups excluding carboxylic acids is 2. The van der Waals surface area contributed by atoms with Crippen molar-refractivity contribution in [2.45, 2.75) is 27.1 Å². The number of benzene rings is 2. The minimum atomic E-state index is -0.507. The Balaban J connectivity index is 1.66. The number of hydrogen-bond acceptors (Lipinski definition) is 6. The molecule has 0 spiro atoms. The lowest BCUT2D eigenvalue weighted by atomic mass is 10.1. The van der Waals surface area contributed by atoms with E-state index in [-0.39, 0.29) is 13.2 Å². The molecule has 0 atom stereocenters. The number of ether oxygens (including phenoxy) is 2. The molecule has 0 aliphatic rings. The Labute approximate surface area is 162 Å². The van der Waals surface area contributed by atoms with Gasteiger partial charge in [-0.2, -0.15) is 0 Å². The first-order valence-corrected chi connectivity index (χ1v) is 8.65. The van der Waals surface area contributed by atoms with E-state index in [1.165, 1.54) is 0 Å². The van der Waals surface area contributed by atoms with Crippen LogP contribution in [0.2, 0.25) is 0 Å². The second-order valence-electron chi connectivity index (χ2n) is 6.22. The summed E-state index contributed by atoms with van der Waals surface area (Å²) in [6.45, 7) is 3.94. The molecule has 7 heteroatoms. The minimum absolute atomic E-state index is 0.0656. The van der Waals surface area contributed by atoms with E-state index < -0.39 is 11.9 Å². The van der Waals surface area contributed by atoms with Gasteiger partial charge < -0.3 is 19.7 Å². The van der Waals surface area contributed by atoms with Gasteiger partial charge in [0.2, 0.25) is 5.91 Å². The number of aryl methyl sites for hydroxylation is 2. The molecule has 7 nitrogen and oxygen atoms in total. The molecule has 2 aromatic carbocycles. The van der Waals surface area contributed by atoms with Crippen molar-refractivity contribution >= 4 is 11.9 Å². The predicted molar refractivity (Wildman–Crippen MR) is 101 cm³/mol. The van der Waals surface area contributed by atoms with Crippen LogP contribution in [0.15, 0.2) is 53.1 Å². The molecule has 0 fully saturated rings. The molecular weight excluding hydrogens is 360 g/mol. The van der Waals surface area contributed by atoms with E-state index in [2.05, 4.69) is 5.16 Å². The fourth-order valence-corrected chi connectivity index (χ4v) is 2.61. The lowest BCUT2D eigenvalue weighted by molar-refractivity contribution is 0.0467. The maximum Gasteiger partial charge on any atom is 0.342 e. The van der Waals surface area contributed by atoms with Gasteiger partial charge in [-0.1, -0.05) is 29.4 Å². The van der Waals surface area contributed by atoms with Crippen LogP contribution >= 0.6 is 0 Å². The second-order valence-corrected chi connectivity index (χ2v) is 6.22. The highest BCUT2D eigenvalue weighted by Crippen LogP contribution is 2.22. The van der Waals surface area contributed by atoms with Crippen molar-refractivity contribution in [3.05, 3.63) is 82.2 Å². The van der Waals surface area contributed by atoms with Gasteiger partial charge >= 0.3 is 5.97 Å². The quantitative estimate of drug-likeness (QED) is 0.631. The molecule has 0 radical (unpaired) electrons. The lowest BCUT2D eigenvalue weighted by Crippen LogP contribution is -2.11. The summed E-state index contributed by atoms with van der Waals surface area (Å²) in [4.78, 5) is 23.6. The number of hydrogen-bond donors (Lipinski definition) is 1. The summed E-state index contributed by atoms with van der Waals surface area (Å²) in [6, 6.07) is 13.4. The zero-order chi connectivity index (χ0) is 20.1. The molecule has 0 unspecified atom stereocenters. The molecule has 1 amide bonds. The third-order valence-electron chi connectivity index (χ3n) is 4.27. The lowest BCUT2D eigenvalue weighted by Gasteiger charge is -2.11. The van der Waals surface area contributed by atoms with Gasteiger partial charge in [0.05, 0.1) is 11.3 Å². The maximum atomic E-state index is 12.5. The van der Waals surface area contributed by atoms with Gasteiger partial charge in [0.15, 0.2) is 0 Å². The Hall–Kier alpha value is -3.61. The Morgan fingerprint density at radius 1 is 1.04 bits per heavy atom. The van der Waals surface area contributed by atoms with Gasteiger partial charge in [0.25, 0.3) is 0 Å². The van der Waals surface area contributed by atoms with Crippen molar-refractivity contribution in [1.29, 1.82) is 0 Å². The van der Waals surface area contributed by atoms with Crippen LogP contribution in [0.1, 0.15) is 43.3 Å². The summed E-state index contributed by atoms with van der Waals surface area (Å²) in [7, 11) is 0. The summed E-state index contributed by atoms with van der Waals surface area (Å²) in [5.74, 6) is 0.0785. The molecule has 0 aliphatic carbocycles. The largest absolute Gasteiger partial charge is 0.488 e. The third-order valence-corrected chi connectivity index (χ3v) is 4.27. The average Bonchev–Trinajstić information content (AvgIpc) is 3.02. The molecule has 3 aromatic rings. The van der Waals surface area contributed by atoms with E-state index in [0.29, 0.717) is 22.6 Å². The molecule has 28 heavy (non-hydrogen) atoms. The van der Waals surface area contributed by atoms with Crippen molar-refractivity contribution in [1.82, 2.24) is 5.16 Å². The smallest absolute Gasteiger partial charge is 0.342 e. The van der Waals surface area contributed by atoms with Crippen molar-refractivity contribution in [2.24, 2.45) is 5.73 Å². The maximum absolute atomic E-state index is 12.5. The molecule has 0 aliphatic heterocycles. The van der Waals surface area contributed by atoms with Crippen LogP contribution in [-0.4, -0.2) is 17.0 Å². The highest BCUT2D eigenvalue weighted by molar-refractivity contribution is 5.93. The van der Waals surface area contributed by atoms with E-state index in [1.807, 2.05) is 13.8 Å². The predicted octanol–water partition coefficient (Wildman–Crippen LogP) is 3.33. The summed E-state index contributed by atoms with van der Waals surface area (Å²) in [5.41, 5.74) is 8.27. The van der Waals surface area contributed by atoms with Crippen molar-refractivity contribution in [3.8, 4) is 5.75 Å². The van der Waals surface area contributed by atoms with Crippen molar-refractivity contribution in [3.63, 3.8) is 0 Å². The number of esters is 1. The van der Waals surface area contributed by atoms with Crippen LogP contribution in [0.5, 0.6) is 5.75 Å². The van der Waals surface area contributed by atoms with E-state index in [1.54, 1.807) is 48.5 Å². The van der Waals surface area contributed by atoms with E-state index >= 15 is 0 Å². The molecular formula is C21H20N2O5. The Kier molecular flexibility index (Phi) is 5.74. The monoisotopic (exact) mass is 380 g/mol. The van der Waals surface area contributed by atoms with E-state index in [9.17, 15) is 9.59 Å². The van der Waals surface area contributed by atoms with Crippen LogP contribution in [0.4, 0.5) is 0 Å². The van der Waals surface area contributed by atoms with Crippen LogP contribution in [-0.2, 0) is 18.0 Å². The first-order chi connectivity index (χ1) is 13.5. The molecule has 1 heterocycles. The summed E-state index contributed by atoms with van der Waals surface area (Å²) in [6.07, 6.45) is 0. The van der Waals surface area contributed by atoms with Gasteiger partial charge in [0, 0.05) is 5.56 Å². The topological polar surface area (TPSA) is 105 Å². The number of aromatic nitrogens is 1. The number of para-hydroxylation sites is 1. The fourth-order valence-electron chi connectivity index (χ4n) is 2.61. The molecule has 0 saturated carbocycles. The Morgan fingerprint density at radius 3 is 2.39 bits per heavy atom. The molecule has 144 valence electrons. The summed E-state index contributed by atoms with van der Waals surface area (Å²) in [5, 5.41) is 3.89. The van der Waals surface area contributed by atoms with Crippen LogP contribution < -0.4 is 10.5 Å².